The number of rotatable bonds is 5. The normalized spacial score (nSPS) is 13.1. The molecule has 0 saturated heterocycles. The first-order valence-corrected chi connectivity index (χ1v) is 8.39. The van der Waals surface area contributed by atoms with Gasteiger partial charge < -0.3 is 5.11 Å². The van der Waals surface area contributed by atoms with Gasteiger partial charge in [-0.25, -0.2) is 19.5 Å². The van der Waals surface area contributed by atoms with Crippen LogP contribution in [0.1, 0.15) is 5.69 Å². The molecule has 1 aliphatic rings. The maximum absolute atomic E-state index is 9.03. The Bertz CT molecular complexity index is 1100. The number of fused-ring (bicyclic) bond motifs is 2. The highest BCUT2D eigenvalue weighted by atomic mass is 16.3. The van der Waals surface area contributed by atoms with E-state index >= 15 is 0 Å². The Morgan fingerprint density at radius 3 is 3.00 bits per heavy atom. The highest BCUT2D eigenvalue weighted by Gasteiger charge is 2.23. The van der Waals surface area contributed by atoms with E-state index in [1.807, 2.05) is 29.5 Å². The van der Waals surface area contributed by atoms with Crippen LogP contribution in [-0.4, -0.2) is 46.1 Å². The van der Waals surface area contributed by atoms with Gasteiger partial charge in [0, 0.05) is 24.0 Å². The molecule has 5 heterocycles. The van der Waals surface area contributed by atoms with E-state index in [4.69, 9.17) is 10.1 Å². The van der Waals surface area contributed by atoms with Crippen molar-refractivity contribution in [2.75, 3.05) is 17.0 Å². The molecular formula is C16H16N10O. The number of aromatic nitrogens is 7. The predicted octanol–water partition coefficient (Wildman–Crippen LogP) is 0.227. The molecule has 0 saturated carbocycles. The molecule has 0 spiro atoms. The summed E-state index contributed by atoms with van der Waals surface area (Å²) in [5.41, 5.74) is 9.26. The molecule has 0 aliphatic carbocycles. The number of aliphatic hydroxyl groups is 1. The fourth-order valence-corrected chi connectivity index (χ4v) is 2.90. The van der Waals surface area contributed by atoms with Crippen LogP contribution >= 0.6 is 0 Å². The van der Waals surface area contributed by atoms with Gasteiger partial charge in [-0.05, 0) is 6.07 Å². The number of nitrogens with zero attached hydrogens (tertiary/aromatic N) is 8. The van der Waals surface area contributed by atoms with Gasteiger partial charge in [0.2, 0.25) is 0 Å². The first-order valence-electron chi connectivity index (χ1n) is 8.39. The van der Waals surface area contributed by atoms with Gasteiger partial charge in [0.05, 0.1) is 49.7 Å². The number of hydrogen-bond acceptors (Lipinski definition) is 9. The van der Waals surface area contributed by atoms with Crippen LogP contribution in [0.3, 0.4) is 0 Å². The number of aliphatic hydroxyl groups excluding tert-OH is 1. The van der Waals surface area contributed by atoms with Gasteiger partial charge in [-0.3, -0.25) is 15.1 Å². The van der Waals surface area contributed by atoms with Gasteiger partial charge in [-0.1, -0.05) is 0 Å². The number of anilines is 2. The lowest BCUT2D eigenvalue weighted by Gasteiger charge is -2.16. The van der Waals surface area contributed by atoms with E-state index in [0.717, 1.165) is 16.9 Å². The van der Waals surface area contributed by atoms with Crippen LogP contribution in [0.4, 0.5) is 11.6 Å². The first-order chi connectivity index (χ1) is 13.3. The van der Waals surface area contributed by atoms with Crippen LogP contribution in [0.5, 0.6) is 0 Å². The maximum Gasteiger partial charge on any atom is 0.190 e. The second-order valence-corrected chi connectivity index (χ2v) is 6.02. The Balaban J connectivity index is 1.42. The van der Waals surface area contributed by atoms with Crippen LogP contribution in [0, 0.1) is 0 Å². The SMILES string of the molecule is OCCn1cc(-c2cnc3c(n2)N(Cc2ccn4nccc4n2)NN3)cn1. The zero-order valence-corrected chi connectivity index (χ0v) is 14.2. The number of nitrogens with one attached hydrogen (secondary N) is 2. The minimum absolute atomic E-state index is 0.0349. The maximum atomic E-state index is 9.03. The molecule has 0 bridgehead atoms. The summed E-state index contributed by atoms with van der Waals surface area (Å²) in [4.78, 5) is 13.7. The van der Waals surface area contributed by atoms with Gasteiger partial charge in [0.15, 0.2) is 17.3 Å². The van der Waals surface area contributed by atoms with Crippen molar-refractivity contribution in [3.63, 3.8) is 0 Å². The predicted molar refractivity (Wildman–Crippen MR) is 96.3 cm³/mol. The third-order valence-electron chi connectivity index (χ3n) is 4.21. The lowest BCUT2D eigenvalue weighted by Crippen LogP contribution is -2.36. The van der Waals surface area contributed by atoms with Gasteiger partial charge >= 0.3 is 0 Å². The Labute approximate surface area is 153 Å². The van der Waals surface area contributed by atoms with Crippen LogP contribution in [0.25, 0.3) is 16.9 Å². The van der Waals surface area contributed by atoms with E-state index < -0.39 is 0 Å². The Kier molecular flexibility index (Phi) is 3.66. The van der Waals surface area contributed by atoms with Gasteiger partial charge in [-0.15, -0.1) is 5.53 Å². The fourth-order valence-electron chi connectivity index (χ4n) is 2.90. The Morgan fingerprint density at radius 2 is 2.07 bits per heavy atom. The fraction of sp³-hybridized carbons (Fsp3) is 0.188. The molecule has 1 aliphatic heterocycles. The van der Waals surface area contributed by atoms with Gasteiger partial charge in [0.1, 0.15) is 0 Å². The molecule has 0 aromatic carbocycles. The van der Waals surface area contributed by atoms with Crippen molar-refractivity contribution in [2.45, 2.75) is 13.1 Å². The second-order valence-electron chi connectivity index (χ2n) is 6.02. The minimum atomic E-state index is 0.0349. The van der Waals surface area contributed by atoms with Crippen molar-refractivity contribution >= 4 is 17.3 Å². The molecule has 0 unspecified atom stereocenters. The third kappa shape index (κ3) is 2.84. The van der Waals surface area contributed by atoms with E-state index in [0.29, 0.717) is 30.4 Å². The topological polar surface area (TPSA) is 121 Å². The van der Waals surface area contributed by atoms with E-state index in [2.05, 4.69) is 31.1 Å². The minimum Gasteiger partial charge on any atom is -0.394 e. The van der Waals surface area contributed by atoms with E-state index in [-0.39, 0.29) is 6.61 Å². The molecule has 4 aromatic heterocycles. The van der Waals surface area contributed by atoms with Crippen molar-refractivity contribution in [2.24, 2.45) is 0 Å². The summed E-state index contributed by atoms with van der Waals surface area (Å²) in [6, 6.07) is 3.77. The van der Waals surface area contributed by atoms with Crippen molar-refractivity contribution in [3.05, 3.63) is 48.8 Å². The summed E-state index contributed by atoms with van der Waals surface area (Å²) >= 11 is 0. The third-order valence-corrected chi connectivity index (χ3v) is 4.21. The summed E-state index contributed by atoms with van der Waals surface area (Å²) in [5.74, 6) is 1.32. The second kappa shape index (κ2) is 6.30. The van der Waals surface area contributed by atoms with E-state index in [1.165, 1.54) is 0 Å². The summed E-state index contributed by atoms with van der Waals surface area (Å²) < 4.78 is 3.39. The zero-order chi connectivity index (χ0) is 18.2. The van der Waals surface area contributed by atoms with Crippen LogP contribution in [0.15, 0.2) is 43.1 Å². The largest absolute Gasteiger partial charge is 0.394 e. The molecule has 0 amide bonds. The first kappa shape index (κ1) is 15.7. The Morgan fingerprint density at radius 1 is 1.11 bits per heavy atom. The van der Waals surface area contributed by atoms with Crippen molar-refractivity contribution in [3.8, 4) is 11.3 Å². The lowest BCUT2D eigenvalue weighted by atomic mass is 10.2. The van der Waals surface area contributed by atoms with Gasteiger partial charge in [0.25, 0.3) is 0 Å². The standard InChI is InChI=1S/C16H16N10O/c27-6-5-24-9-11(7-19-24)13-8-17-15-16(21-13)26(23-22-15)10-12-2-4-25-14(20-12)1-3-18-25/h1-4,7-9,23,27H,5-6,10H2,(H,17,22). The van der Waals surface area contributed by atoms with Crippen molar-refractivity contribution < 1.29 is 5.11 Å². The summed E-state index contributed by atoms with van der Waals surface area (Å²) in [6.07, 6.45) is 8.82. The van der Waals surface area contributed by atoms with Gasteiger partial charge in [-0.2, -0.15) is 10.2 Å². The molecule has 4 aromatic rings. The molecule has 0 fully saturated rings. The highest BCUT2D eigenvalue weighted by Crippen LogP contribution is 2.28. The summed E-state index contributed by atoms with van der Waals surface area (Å²) in [6.45, 7) is 0.979. The molecule has 5 rings (SSSR count). The van der Waals surface area contributed by atoms with Crippen LogP contribution in [0.2, 0.25) is 0 Å². The molecule has 27 heavy (non-hydrogen) atoms. The smallest absolute Gasteiger partial charge is 0.190 e. The molecule has 0 atom stereocenters. The number of hydrogen-bond donors (Lipinski definition) is 3. The van der Waals surface area contributed by atoms with E-state index in [1.54, 1.807) is 27.8 Å². The average molecular weight is 364 g/mol. The molecule has 3 N–H and O–H groups in total. The monoisotopic (exact) mass is 364 g/mol. The van der Waals surface area contributed by atoms with Crippen molar-refractivity contribution in [1.29, 1.82) is 0 Å². The molecule has 136 valence electrons. The van der Waals surface area contributed by atoms with Crippen molar-refractivity contribution in [1.82, 2.24) is 39.9 Å². The molecule has 0 radical (unpaired) electrons. The lowest BCUT2D eigenvalue weighted by molar-refractivity contribution is 0.269. The average Bonchev–Trinajstić information content (AvgIpc) is 3.41. The molecular weight excluding hydrogens is 348 g/mol. The quantitative estimate of drug-likeness (QED) is 0.457. The summed E-state index contributed by atoms with van der Waals surface area (Å²) in [7, 11) is 0. The van der Waals surface area contributed by atoms with E-state index in [9.17, 15) is 0 Å². The highest BCUT2D eigenvalue weighted by molar-refractivity contribution is 5.69. The zero-order valence-electron chi connectivity index (χ0n) is 14.2. The molecule has 11 heteroatoms. The van der Waals surface area contributed by atoms with Crippen LogP contribution < -0.4 is 16.0 Å². The Hall–Kier alpha value is -3.57. The van der Waals surface area contributed by atoms with Crippen LogP contribution in [-0.2, 0) is 13.1 Å². The number of hydrazine groups is 2. The summed E-state index contributed by atoms with van der Waals surface area (Å²) in [5, 5.41) is 19.2. The molecule has 11 nitrogen and oxygen atoms in total.